The average molecular weight is 516 g/mol. The second kappa shape index (κ2) is 9.09. The van der Waals surface area contributed by atoms with Gasteiger partial charge in [0, 0.05) is 22.9 Å². The maximum Gasteiger partial charge on any atom is 0.340 e. The monoisotopic (exact) mass is 515 g/mol. The molecule has 0 amide bonds. The highest BCUT2D eigenvalue weighted by Crippen LogP contribution is 2.48. The summed E-state index contributed by atoms with van der Waals surface area (Å²) in [6.07, 6.45) is 0.863. The van der Waals surface area contributed by atoms with Gasteiger partial charge >= 0.3 is 5.97 Å². The van der Waals surface area contributed by atoms with Crippen LogP contribution in [0.15, 0.2) is 68.1 Å². The first-order chi connectivity index (χ1) is 15.7. The lowest BCUT2D eigenvalue weighted by atomic mass is 9.71. The number of carbonyl (C=O) groups excluding carboxylic acids is 2. The number of allylic oxidation sites excluding steroid dienone is 2. The second-order valence-electron chi connectivity index (χ2n) is 8.86. The van der Waals surface area contributed by atoms with Crippen LogP contribution in [0.3, 0.4) is 0 Å². The van der Waals surface area contributed by atoms with Crippen LogP contribution in [0.25, 0.3) is 0 Å². The lowest BCUT2D eigenvalue weighted by Crippen LogP contribution is -2.35. The Morgan fingerprint density at radius 1 is 1.24 bits per heavy atom. The number of benzene rings is 1. The van der Waals surface area contributed by atoms with E-state index in [9.17, 15) is 9.59 Å². The van der Waals surface area contributed by atoms with E-state index in [-0.39, 0.29) is 35.9 Å². The van der Waals surface area contributed by atoms with Crippen molar-refractivity contribution in [1.82, 2.24) is 0 Å². The summed E-state index contributed by atoms with van der Waals surface area (Å²) >= 11 is 3.42. The Labute approximate surface area is 200 Å². The van der Waals surface area contributed by atoms with Crippen molar-refractivity contribution in [3.8, 4) is 5.75 Å². The molecule has 0 unspecified atom stereocenters. The molecule has 8 heteroatoms. The van der Waals surface area contributed by atoms with E-state index >= 15 is 0 Å². The van der Waals surface area contributed by atoms with Gasteiger partial charge in [0.05, 0.1) is 12.5 Å². The van der Waals surface area contributed by atoms with E-state index in [0.29, 0.717) is 41.4 Å². The molecule has 2 aromatic rings. The van der Waals surface area contributed by atoms with Crippen molar-refractivity contribution >= 4 is 27.7 Å². The van der Waals surface area contributed by atoms with Crippen molar-refractivity contribution in [2.75, 3.05) is 6.61 Å². The maximum absolute atomic E-state index is 13.2. The Morgan fingerprint density at radius 3 is 2.76 bits per heavy atom. The molecule has 0 saturated carbocycles. The highest BCUT2D eigenvalue weighted by Gasteiger charge is 2.46. The Bertz CT molecular complexity index is 1160. The number of hydrogen-bond acceptors (Lipinski definition) is 7. The van der Waals surface area contributed by atoms with Crippen molar-refractivity contribution < 1.29 is 28.2 Å². The zero-order valence-electron chi connectivity index (χ0n) is 18.8. The highest BCUT2D eigenvalue weighted by molar-refractivity contribution is 9.10. The summed E-state index contributed by atoms with van der Waals surface area (Å²) in [6.45, 7) is 6.05. The fourth-order valence-electron chi connectivity index (χ4n) is 4.22. The van der Waals surface area contributed by atoms with Crippen molar-refractivity contribution in [1.29, 1.82) is 0 Å². The van der Waals surface area contributed by atoms with E-state index in [1.54, 1.807) is 19.1 Å². The second-order valence-corrected chi connectivity index (χ2v) is 9.78. The van der Waals surface area contributed by atoms with Gasteiger partial charge in [0.1, 0.15) is 35.2 Å². The van der Waals surface area contributed by atoms with Gasteiger partial charge in [-0.3, -0.25) is 4.79 Å². The van der Waals surface area contributed by atoms with Gasteiger partial charge in [-0.1, -0.05) is 35.8 Å². The van der Waals surface area contributed by atoms with Crippen LogP contribution in [0, 0.1) is 5.41 Å². The topological polar surface area (TPSA) is 101 Å². The fraction of sp³-hybridized carbons (Fsp3) is 0.360. The molecule has 174 valence electrons. The van der Waals surface area contributed by atoms with Crippen LogP contribution >= 0.6 is 15.9 Å². The van der Waals surface area contributed by atoms with E-state index in [4.69, 9.17) is 24.4 Å². The quantitative estimate of drug-likeness (QED) is 0.533. The number of Topliss-reactive ketones (excluding diaryl/α,β-unsaturated/α-hetero) is 1. The normalized spacial score (nSPS) is 19.8. The molecule has 7 nitrogen and oxygen atoms in total. The first-order valence-electron chi connectivity index (χ1n) is 10.8. The van der Waals surface area contributed by atoms with Crippen LogP contribution in [-0.2, 0) is 25.7 Å². The van der Waals surface area contributed by atoms with Gasteiger partial charge in [0.2, 0.25) is 5.88 Å². The first kappa shape index (κ1) is 23.2. The number of halogens is 1. The van der Waals surface area contributed by atoms with Crippen LogP contribution in [0.2, 0.25) is 0 Å². The summed E-state index contributed by atoms with van der Waals surface area (Å²) in [7, 11) is 0. The van der Waals surface area contributed by atoms with Crippen LogP contribution in [0.4, 0.5) is 0 Å². The molecule has 0 bridgehead atoms. The number of ether oxygens (including phenoxy) is 3. The number of carbonyl (C=O) groups is 2. The van der Waals surface area contributed by atoms with Gasteiger partial charge in [0.15, 0.2) is 5.78 Å². The molecule has 0 radical (unpaired) electrons. The molecule has 4 rings (SSSR count). The number of nitrogens with two attached hydrogens (primary N) is 1. The molecule has 2 aliphatic rings. The molecular weight excluding hydrogens is 490 g/mol. The molecule has 0 spiro atoms. The number of rotatable bonds is 6. The van der Waals surface area contributed by atoms with Gasteiger partial charge in [-0.15, -0.1) is 0 Å². The first-order valence-corrected chi connectivity index (χ1v) is 11.6. The molecule has 2 N–H and O–H groups in total. The van der Waals surface area contributed by atoms with Gasteiger partial charge in [0.25, 0.3) is 0 Å². The molecule has 1 aliphatic heterocycles. The minimum absolute atomic E-state index is 0.0639. The lowest BCUT2D eigenvalue weighted by Gasteiger charge is -2.37. The molecule has 0 fully saturated rings. The standard InChI is InChI=1S/C25H26BrNO6/c1-4-30-24(29)22-21(20-17(28)11-25(2,3)12-19(20)33-23(22)27)18-9-8-16(32-18)13-31-15-7-5-6-14(26)10-15/h5-10,21H,4,11-13,27H2,1-3H3/t21-/m0/s1. The van der Waals surface area contributed by atoms with E-state index in [2.05, 4.69) is 15.9 Å². The third-order valence-corrected chi connectivity index (χ3v) is 6.09. The van der Waals surface area contributed by atoms with Crippen molar-refractivity contribution in [3.05, 3.63) is 75.2 Å². The van der Waals surface area contributed by atoms with Crippen LogP contribution in [0.1, 0.15) is 51.1 Å². The Kier molecular flexibility index (Phi) is 6.38. The van der Waals surface area contributed by atoms with Crippen LogP contribution in [0.5, 0.6) is 5.75 Å². The third-order valence-electron chi connectivity index (χ3n) is 5.59. The Hall–Kier alpha value is -3.00. The highest BCUT2D eigenvalue weighted by atomic mass is 79.9. The Morgan fingerprint density at radius 2 is 2.03 bits per heavy atom. The summed E-state index contributed by atoms with van der Waals surface area (Å²) in [4.78, 5) is 26.0. The minimum Gasteiger partial charge on any atom is -0.486 e. The van der Waals surface area contributed by atoms with Crippen molar-refractivity contribution in [2.24, 2.45) is 11.1 Å². The van der Waals surface area contributed by atoms with Crippen LogP contribution in [-0.4, -0.2) is 18.4 Å². The molecule has 1 aromatic carbocycles. The van der Waals surface area contributed by atoms with Crippen molar-refractivity contribution in [3.63, 3.8) is 0 Å². The van der Waals surface area contributed by atoms with E-state index in [1.807, 2.05) is 38.1 Å². The number of furan rings is 1. The zero-order valence-corrected chi connectivity index (χ0v) is 20.4. The van der Waals surface area contributed by atoms with Crippen LogP contribution < -0.4 is 10.5 Å². The van der Waals surface area contributed by atoms with E-state index in [0.717, 1.165) is 4.47 Å². The SMILES string of the molecule is CCOC(=O)C1=C(N)OC2=C(C(=O)CC(C)(C)C2)[C@@H]1c1ccc(COc2cccc(Br)c2)o1. The summed E-state index contributed by atoms with van der Waals surface area (Å²) in [5, 5.41) is 0. The fourth-order valence-corrected chi connectivity index (χ4v) is 4.59. The lowest BCUT2D eigenvalue weighted by molar-refractivity contribution is -0.139. The maximum atomic E-state index is 13.2. The summed E-state index contributed by atoms with van der Waals surface area (Å²) < 4.78 is 23.8. The molecule has 1 aromatic heterocycles. The molecule has 2 heterocycles. The van der Waals surface area contributed by atoms with Gasteiger partial charge in [-0.25, -0.2) is 4.79 Å². The molecule has 33 heavy (non-hydrogen) atoms. The summed E-state index contributed by atoms with van der Waals surface area (Å²) in [5.41, 5.74) is 6.39. The molecule has 1 atom stereocenters. The van der Waals surface area contributed by atoms with Crippen molar-refractivity contribution in [2.45, 2.75) is 46.1 Å². The predicted octanol–water partition coefficient (Wildman–Crippen LogP) is 5.11. The molecule has 1 aliphatic carbocycles. The van der Waals surface area contributed by atoms with Gasteiger partial charge < -0.3 is 24.4 Å². The minimum atomic E-state index is -0.795. The number of esters is 1. The molecule has 0 saturated heterocycles. The predicted molar refractivity (Wildman–Crippen MR) is 124 cm³/mol. The summed E-state index contributed by atoms with van der Waals surface area (Å²) in [5.74, 6) is 0.537. The van der Waals surface area contributed by atoms with Gasteiger partial charge in [-0.2, -0.15) is 0 Å². The zero-order chi connectivity index (χ0) is 23.8. The smallest absolute Gasteiger partial charge is 0.340 e. The third kappa shape index (κ3) is 4.85. The van der Waals surface area contributed by atoms with E-state index in [1.165, 1.54) is 0 Å². The molecular formula is C25H26BrNO6. The summed E-state index contributed by atoms with van der Waals surface area (Å²) in [6, 6.07) is 11.0. The largest absolute Gasteiger partial charge is 0.486 e. The number of hydrogen-bond donors (Lipinski definition) is 1. The Balaban J connectivity index is 1.68. The average Bonchev–Trinajstić information content (AvgIpc) is 3.19. The van der Waals surface area contributed by atoms with E-state index < -0.39 is 11.9 Å². The number of ketones is 1. The van der Waals surface area contributed by atoms with Gasteiger partial charge in [-0.05, 0) is 42.7 Å².